The Labute approximate surface area is 95.7 Å². The minimum absolute atomic E-state index is 0.131. The second-order valence-corrected chi connectivity index (χ2v) is 3.70. The van der Waals surface area contributed by atoms with E-state index in [9.17, 15) is 22.8 Å². The van der Waals surface area contributed by atoms with E-state index in [1.807, 2.05) is 0 Å². The molecule has 0 aromatic heterocycles. The molecule has 5 nitrogen and oxygen atoms in total. The van der Waals surface area contributed by atoms with Crippen LogP contribution in [0.3, 0.4) is 0 Å². The first kappa shape index (κ1) is 13.9. The van der Waals surface area contributed by atoms with Gasteiger partial charge in [-0.2, -0.15) is 13.2 Å². The van der Waals surface area contributed by atoms with Gasteiger partial charge >= 0.3 is 6.18 Å². The Kier molecular flexibility index (Phi) is 4.47. The Morgan fingerprint density at radius 1 is 1.41 bits per heavy atom. The number of imide groups is 1. The lowest BCUT2D eigenvalue weighted by Gasteiger charge is -2.28. The Bertz CT molecular complexity index is 306. The molecule has 1 aliphatic heterocycles. The molecule has 0 aliphatic carbocycles. The largest absolute Gasteiger partial charge is 0.411 e. The number of nitrogens with zero attached hydrogens (tertiary/aromatic N) is 1. The fourth-order valence-electron chi connectivity index (χ4n) is 1.44. The lowest BCUT2D eigenvalue weighted by molar-refractivity contribution is -0.175. The first-order valence-corrected chi connectivity index (χ1v) is 5.05. The van der Waals surface area contributed by atoms with Crippen molar-refractivity contribution in [1.82, 2.24) is 4.90 Å². The van der Waals surface area contributed by atoms with Crippen molar-refractivity contribution in [1.29, 1.82) is 0 Å². The number of piperidine rings is 1. The molecule has 1 fully saturated rings. The number of hydrogen-bond donors (Lipinski definition) is 1. The lowest BCUT2D eigenvalue weighted by atomic mass is 10.1. The zero-order valence-corrected chi connectivity index (χ0v) is 9.00. The Morgan fingerprint density at radius 3 is 2.65 bits per heavy atom. The molecular formula is C9H13F3N2O3. The van der Waals surface area contributed by atoms with Gasteiger partial charge in [0.1, 0.15) is 6.61 Å². The number of amides is 2. The van der Waals surface area contributed by atoms with Crippen molar-refractivity contribution in [2.75, 3.05) is 19.8 Å². The van der Waals surface area contributed by atoms with Crippen molar-refractivity contribution >= 4 is 11.8 Å². The molecule has 1 saturated heterocycles. The van der Waals surface area contributed by atoms with Crippen LogP contribution in [-0.2, 0) is 14.3 Å². The van der Waals surface area contributed by atoms with Crippen LogP contribution in [0.2, 0.25) is 0 Å². The number of ether oxygens (including phenoxy) is 1. The van der Waals surface area contributed by atoms with Gasteiger partial charge in [0, 0.05) is 6.42 Å². The van der Waals surface area contributed by atoms with Gasteiger partial charge < -0.3 is 10.5 Å². The number of carbonyl (C=O) groups excluding carboxylic acids is 2. The van der Waals surface area contributed by atoms with E-state index in [1.54, 1.807) is 0 Å². The number of nitrogens with two attached hydrogens (primary N) is 1. The monoisotopic (exact) mass is 254 g/mol. The maximum absolute atomic E-state index is 11.7. The first-order valence-electron chi connectivity index (χ1n) is 5.05. The summed E-state index contributed by atoms with van der Waals surface area (Å²) in [5.74, 6) is -0.982. The van der Waals surface area contributed by atoms with E-state index in [1.165, 1.54) is 0 Å². The van der Waals surface area contributed by atoms with Crippen LogP contribution in [0.25, 0.3) is 0 Å². The molecule has 1 aliphatic rings. The third-order valence-corrected chi connectivity index (χ3v) is 2.28. The normalized spacial score (nSPS) is 22.1. The van der Waals surface area contributed by atoms with Crippen LogP contribution in [0.5, 0.6) is 0 Å². The van der Waals surface area contributed by atoms with Crippen LogP contribution in [0.15, 0.2) is 0 Å². The van der Waals surface area contributed by atoms with Gasteiger partial charge in [0.15, 0.2) is 0 Å². The fraction of sp³-hybridized carbons (Fsp3) is 0.778. The molecule has 0 bridgehead atoms. The van der Waals surface area contributed by atoms with E-state index >= 15 is 0 Å². The minimum Gasteiger partial charge on any atom is -0.370 e. The minimum atomic E-state index is -4.41. The van der Waals surface area contributed by atoms with E-state index in [2.05, 4.69) is 4.74 Å². The summed E-state index contributed by atoms with van der Waals surface area (Å²) in [4.78, 5) is 23.6. The maximum Gasteiger partial charge on any atom is 0.411 e. The summed E-state index contributed by atoms with van der Waals surface area (Å²) < 4.78 is 39.6. The summed E-state index contributed by atoms with van der Waals surface area (Å²) in [6, 6.07) is -0.754. The van der Waals surface area contributed by atoms with Crippen molar-refractivity contribution in [3.8, 4) is 0 Å². The van der Waals surface area contributed by atoms with Gasteiger partial charge in [-0.05, 0) is 6.42 Å². The molecule has 8 heteroatoms. The topological polar surface area (TPSA) is 72.6 Å². The third kappa shape index (κ3) is 4.31. The molecule has 1 unspecified atom stereocenters. The van der Waals surface area contributed by atoms with Crippen molar-refractivity contribution in [2.45, 2.75) is 25.1 Å². The molecule has 2 amide bonds. The number of hydrogen-bond acceptors (Lipinski definition) is 4. The molecule has 17 heavy (non-hydrogen) atoms. The Balaban J connectivity index is 2.34. The molecule has 98 valence electrons. The molecule has 1 heterocycles. The molecular weight excluding hydrogens is 241 g/mol. The zero-order valence-electron chi connectivity index (χ0n) is 9.00. The van der Waals surface area contributed by atoms with Gasteiger partial charge in [0.25, 0.3) is 0 Å². The summed E-state index contributed by atoms with van der Waals surface area (Å²) in [6.07, 6.45) is -4.00. The standard InChI is InChI=1S/C9H13F3N2O3/c10-9(11,12)5-17-4-3-14-7(15)2-1-6(13)8(14)16/h6H,1-5,13H2. The van der Waals surface area contributed by atoms with Gasteiger partial charge in [0.05, 0.1) is 19.2 Å². The molecule has 2 N–H and O–H groups in total. The van der Waals surface area contributed by atoms with E-state index in [4.69, 9.17) is 5.73 Å². The number of alkyl halides is 3. The highest BCUT2D eigenvalue weighted by Crippen LogP contribution is 2.15. The first-order chi connectivity index (χ1) is 7.81. The highest BCUT2D eigenvalue weighted by molar-refractivity contribution is 6.00. The van der Waals surface area contributed by atoms with Crippen molar-refractivity contribution in [3.63, 3.8) is 0 Å². The summed E-state index contributed by atoms with van der Waals surface area (Å²) in [6.45, 7) is -1.93. The average molecular weight is 254 g/mol. The van der Waals surface area contributed by atoms with E-state index < -0.39 is 30.6 Å². The molecule has 0 radical (unpaired) electrons. The molecule has 0 aromatic carbocycles. The van der Waals surface area contributed by atoms with Crippen molar-refractivity contribution in [2.24, 2.45) is 5.73 Å². The number of halogens is 3. The summed E-state index contributed by atoms with van der Waals surface area (Å²) >= 11 is 0. The zero-order chi connectivity index (χ0) is 13.1. The highest BCUT2D eigenvalue weighted by atomic mass is 19.4. The van der Waals surface area contributed by atoms with E-state index in [0.29, 0.717) is 0 Å². The van der Waals surface area contributed by atoms with E-state index in [0.717, 1.165) is 4.90 Å². The summed E-state index contributed by atoms with van der Waals surface area (Å²) in [7, 11) is 0. The molecule has 1 atom stereocenters. The molecule has 0 spiro atoms. The van der Waals surface area contributed by atoms with Crippen LogP contribution in [0.1, 0.15) is 12.8 Å². The SMILES string of the molecule is NC1CCC(=O)N(CCOCC(F)(F)F)C1=O. The van der Waals surface area contributed by atoms with Gasteiger partial charge in [-0.3, -0.25) is 14.5 Å². The average Bonchev–Trinajstić information content (AvgIpc) is 2.21. The Morgan fingerprint density at radius 2 is 2.06 bits per heavy atom. The van der Waals surface area contributed by atoms with Crippen LogP contribution in [0.4, 0.5) is 13.2 Å². The third-order valence-electron chi connectivity index (χ3n) is 2.28. The molecule has 1 rings (SSSR count). The highest BCUT2D eigenvalue weighted by Gasteiger charge is 2.32. The Hall–Kier alpha value is -1.15. The quantitative estimate of drug-likeness (QED) is 0.568. The molecule has 0 aromatic rings. The smallest absolute Gasteiger partial charge is 0.370 e. The number of carbonyl (C=O) groups is 2. The van der Waals surface area contributed by atoms with Gasteiger partial charge in [0.2, 0.25) is 11.8 Å². The fourth-order valence-corrected chi connectivity index (χ4v) is 1.44. The summed E-state index contributed by atoms with van der Waals surface area (Å²) in [5.41, 5.74) is 5.44. The second kappa shape index (κ2) is 5.46. The van der Waals surface area contributed by atoms with Gasteiger partial charge in [-0.1, -0.05) is 0 Å². The lowest BCUT2D eigenvalue weighted by Crippen LogP contribution is -2.52. The van der Waals surface area contributed by atoms with Gasteiger partial charge in [-0.25, -0.2) is 0 Å². The van der Waals surface area contributed by atoms with Crippen LogP contribution < -0.4 is 5.73 Å². The maximum atomic E-state index is 11.7. The second-order valence-electron chi connectivity index (χ2n) is 3.70. The summed E-state index contributed by atoms with van der Waals surface area (Å²) in [5, 5.41) is 0. The van der Waals surface area contributed by atoms with Gasteiger partial charge in [-0.15, -0.1) is 0 Å². The van der Waals surface area contributed by atoms with Crippen LogP contribution in [0, 0.1) is 0 Å². The molecule has 0 saturated carbocycles. The predicted octanol–water partition coefficient (Wildman–Crippen LogP) is 0.0416. The van der Waals surface area contributed by atoms with Crippen molar-refractivity contribution < 1.29 is 27.5 Å². The number of likely N-dealkylation sites (tertiary alicyclic amines) is 1. The number of rotatable bonds is 4. The van der Waals surface area contributed by atoms with E-state index in [-0.39, 0.29) is 26.0 Å². The van der Waals surface area contributed by atoms with Crippen molar-refractivity contribution in [3.05, 3.63) is 0 Å². The van der Waals surface area contributed by atoms with Crippen LogP contribution in [-0.4, -0.2) is 48.7 Å². The van der Waals surface area contributed by atoms with Crippen LogP contribution >= 0.6 is 0 Å². The predicted molar refractivity (Wildman–Crippen MR) is 50.8 cm³/mol.